The Hall–Kier alpha value is -1.91. The number of rotatable bonds is 3. The van der Waals surface area contributed by atoms with Gasteiger partial charge in [-0.3, -0.25) is 4.79 Å². The van der Waals surface area contributed by atoms with Gasteiger partial charge in [-0.2, -0.15) is 0 Å². The van der Waals surface area contributed by atoms with Crippen LogP contribution in [0.2, 0.25) is 10.0 Å². The first-order valence-corrected chi connectivity index (χ1v) is 6.47. The lowest BCUT2D eigenvalue weighted by molar-refractivity contribution is 0.102. The molecule has 0 fully saturated rings. The van der Waals surface area contributed by atoms with Gasteiger partial charge >= 0.3 is 0 Å². The fourth-order valence-electron chi connectivity index (χ4n) is 1.68. The summed E-state index contributed by atoms with van der Waals surface area (Å²) in [5, 5.41) is 3.23. The monoisotopic (exact) mass is 310 g/mol. The van der Waals surface area contributed by atoms with E-state index in [2.05, 4.69) is 5.32 Å². The summed E-state index contributed by atoms with van der Waals surface area (Å²) in [5.74, 6) is 0.189. The molecule has 0 aliphatic heterocycles. The molecule has 2 rings (SSSR count). The van der Waals surface area contributed by atoms with Crippen LogP contribution >= 0.6 is 23.2 Å². The molecule has 3 N–H and O–H groups in total. The first kappa shape index (κ1) is 14.5. The van der Waals surface area contributed by atoms with Crippen LogP contribution in [0.1, 0.15) is 10.4 Å². The van der Waals surface area contributed by atoms with Crippen molar-refractivity contribution in [1.82, 2.24) is 0 Å². The van der Waals surface area contributed by atoms with Gasteiger partial charge in [0.05, 0.1) is 34.1 Å². The second-order valence-corrected chi connectivity index (χ2v) is 4.82. The van der Waals surface area contributed by atoms with E-state index in [9.17, 15) is 4.79 Å². The van der Waals surface area contributed by atoms with Gasteiger partial charge in [0.15, 0.2) is 0 Å². The van der Waals surface area contributed by atoms with E-state index in [4.69, 9.17) is 33.7 Å². The van der Waals surface area contributed by atoms with Gasteiger partial charge in [-0.1, -0.05) is 29.3 Å². The number of hydrogen-bond acceptors (Lipinski definition) is 3. The van der Waals surface area contributed by atoms with E-state index in [0.717, 1.165) is 0 Å². The normalized spacial score (nSPS) is 10.2. The lowest BCUT2D eigenvalue weighted by Crippen LogP contribution is -2.14. The lowest BCUT2D eigenvalue weighted by Gasteiger charge is -2.11. The van der Waals surface area contributed by atoms with Crippen molar-refractivity contribution in [3.05, 3.63) is 52.0 Å². The van der Waals surface area contributed by atoms with Crippen molar-refractivity contribution < 1.29 is 9.53 Å². The number of benzene rings is 2. The molecular weight excluding hydrogens is 299 g/mol. The van der Waals surface area contributed by atoms with Gasteiger partial charge in [0, 0.05) is 6.07 Å². The van der Waals surface area contributed by atoms with Crippen molar-refractivity contribution in [2.45, 2.75) is 0 Å². The number of nitrogens with one attached hydrogen (secondary N) is 1. The highest BCUT2D eigenvalue weighted by Crippen LogP contribution is 2.28. The molecule has 0 radical (unpaired) electrons. The molecule has 6 heteroatoms. The zero-order valence-corrected chi connectivity index (χ0v) is 12.1. The Bertz CT molecular complexity index is 639. The van der Waals surface area contributed by atoms with E-state index >= 15 is 0 Å². The number of amides is 1. The van der Waals surface area contributed by atoms with Crippen LogP contribution in [0.5, 0.6) is 5.75 Å². The zero-order chi connectivity index (χ0) is 14.7. The van der Waals surface area contributed by atoms with Gasteiger partial charge in [0.25, 0.3) is 5.91 Å². The molecule has 20 heavy (non-hydrogen) atoms. The average molecular weight is 311 g/mol. The second-order valence-electron chi connectivity index (χ2n) is 4.00. The summed E-state index contributed by atoms with van der Waals surface area (Å²) in [4.78, 5) is 12.2. The van der Waals surface area contributed by atoms with Crippen molar-refractivity contribution in [3.63, 3.8) is 0 Å². The van der Waals surface area contributed by atoms with Crippen LogP contribution in [-0.4, -0.2) is 13.0 Å². The van der Waals surface area contributed by atoms with Gasteiger partial charge in [0.2, 0.25) is 0 Å². The molecule has 0 bridgehead atoms. The summed E-state index contributed by atoms with van der Waals surface area (Å²) in [7, 11) is 1.54. The molecule has 0 atom stereocenters. The first-order chi connectivity index (χ1) is 9.52. The van der Waals surface area contributed by atoms with Crippen LogP contribution in [0.25, 0.3) is 0 Å². The van der Waals surface area contributed by atoms with Crippen LogP contribution in [-0.2, 0) is 0 Å². The third kappa shape index (κ3) is 2.98. The average Bonchev–Trinajstić information content (AvgIpc) is 2.41. The van der Waals surface area contributed by atoms with Crippen LogP contribution in [0.4, 0.5) is 11.4 Å². The number of nitrogens with two attached hydrogens (primary N) is 1. The minimum absolute atomic E-state index is 0.214. The third-order valence-corrected chi connectivity index (χ3v) is 3.33. The number of hydrogen-bond donors (Lipinski definition) is 2. The van der Waals surface area contributed by atoms with E-state index in [0.29, 0.717) is 17.1 Å². The van der Waals surface area contributed by atoms with E-state index < -0.39 is 5.91 Å². The molecule has 2 aromatic rings. The predicted molar refractivity (Wildman–Crippen MR) is 81.8 cm³/mol. The highest BCUT2D eigenvalue weighted by atomic mass is 35.5. The number of carbonyl (C=O) groups excluding carboxylic acids is 1. The molecule has 0 aromatic heterocycles. The predicted octanol–water partition coefficient (Wildman–Crippen LogP) is 3.84. The standard InChI is InChI=1S/C14H12Cl2N2O2/c1-20-8-5-6-12(11(17)7-8)18-14(19)13-9(15)3-2-4-10(13)16/h2-7H,17H2,1H3,(H,18,19). The maximum atomic E-state index is 12.2. The van der Waals surface area contributed by atoms with Gasteiger partial charge < -0.3 is 15.8 Å². The van der Waals surface area contributed by atoms with Crippen LogP contribution in [0, 0.1) is 0 Å². The van der Waals surface area contributed by atoms with Crippen LogP contribution in [0.15, 0.2) is 36.4 Å². The summed E-state index contributed by atoms with van der Waals surface area (Å²) in [6.07, 6.45) is 0. The van der Waals surface area contributed by atoms with Crippen molar-refractivity contribution in [3.8, 4) is 5.75 Å². The molecule has 2 aromatic carbocycles. The van der Waals surface area contributed by atoms with E-state index in [1.165, 1.54) is 7.11 Å². The quantitative estimate of drug-likeness (QED) is 0.847. The fraction of sp³-hybridized carbons (Fsp3) is 0.0714. The number of halogens is 2. The highest BCUT2D eigenvalue weighted by molar-refractivity contribution is 6.40. The molecule has 0 saturated heterocycles. The number of anilines is 2. The first-order valence-electron chi connectivity index (χ1n) is 5.72. The molecule has 4 nitrogen and oxygen atoms in total. The summed E-state index contributed by atoms with van der Waals surface area (Å²) < 4.78 is 5.04. The maximum Gasteiger partial charge on any atom is 0.258 e. The molecule has 0 aliphatic rings. The maximum absolute atomic E-state index is 12.2. The topological polar surface area (TPSA) is 64.3 Å². The van der Waals surface area contributed by atoms with Gasteiger partial charge in [-0.05, 0) is 24.3 Å². The Labute approximate surface area is 126 Å². The van der Waals surface area contributed by atoms with Crippen molar-refractivity contribution in [1.29, 1.82) is 0 Å². The second kappa shape index (κ2) is 6.03. The number of methoxy groups -OCH3 is 1. The van der Waals surface area contributed by atoms with Crippen LogP contribution < -0.4 is 15.8 Å². The lowest BCUT2D eigenvalue weighted by atomic mass is 10.2. The summed E-state index contributed by atoms with van der Waals surface area (Å²) in [6.45, 7) is 0. The van der Waals surface area contributed by atoms with Gasteiger partial charge in [-0.25, -0.2) is 0 Å². The van der Waals surface area contributed by atoms with E-state index in [-0.39, 0.29) is 15.6 Å². The number of ether oxygens (including phenoxy) is 1. The van der Waals surface area contributed by atoms with Crippen molar-refractivity contribution in [2.75, 3.05) is 18.2 Å². The fourth-order valence-corrected chi connectivity index (χ4v) is 2.25. The molecule has 0 saturated carbocycles. The molecule has 1 amide bonds. The summed E-state index contributed by atoms with van der Waals surface area (Å²) in [5.41, 5.74) is 6.91. The smallest absolute Gasteiger partial charge is 0.258 e. The van der Waals surface area contributed by atoms with E-state index in [1.807, 2.05) is 0 Å². The number of nitrogen functional groups attached to an aromatic ring is 1. The summed E-state index contributed by atoms with van der Waals surface area (Å²) >= 11 is 12.0. The molecule has 0 heterocycles. The van der Waals surface area contributed by atoms with Crippen LogP contribution in [0.3, 0.4) is 0 Å². The Morgan fingerprint density at radius 1 is 1.20 bits per heavy atom. The minimum Gasteiger partial charge on any atom is -0.497 e. The molecule has 0 aliphatic carbocycles. The highest BCUT2D eigenvalue weighted by Gasteiger charge is 2.15. The van der Waals surface area contributed by atoms with E-state index in [1.54, 1.807) is 36.4 Å². The van der Waals surface area contributed by atoms with Gasteiger partial charge in [-0.15, -0.1) is 0 Å². The zero-order valence-electron chi connectivity index (χ0n) is 10.6. The largest absolute Gasteiger partial charge is 0.497 e. The molecule has 104 valence electrons. The number of carbonyl (C=O) groups is 1. The van der Waals surface area contributed by atoms with Gasteiger partial charge in [0.1, 0.15) is 5.75 Å². The molecular formula is C14H12Cl2N2O2. The van der Waals surface area contributed by atoms with Crippen molar-refractivity contribution >= 4 is 40.5 Å². The minimum atomic E-state index is -0.419. The third-order valence-electron chi connectivity index (χ3n) is 2.70. The SMILES string of the molecule is COc1ccc(NC(=O)c2c(Cl)cccc2Cl)c(N)c1. The summed E-state index contributed by atoms with van der Waals surface area (Å²) in [6, 6.07) is 9.82. The van der Waals surface area contributed by atoms with Crippen molar-refractivity contribution in [2.24, 2.45) is 0 Å². The molecule has 0 unspecified atom stereocenters. The Balaban J connectivity index is 2.28. The molecule has 0 spiro atoms. The Morgan fingerprint density at radius 3 is 2.40 bits per heavy atom. The Kier molecular flexibility index (Phi) is 4.37. The Morgan fingerprint density at radius 2 is 1.85 bits per heavy atom.